The lowest BCUT2D eigenvalue weighted by molar-refractivity contribution is 0.770. The Morgan fingerprint density at radius 1 is 1.00 bits per heavy atom. The van der Waals surface area contributed by atoms with E-state index in [4.69, 9.17) is 0 Å². The van der Waals surface area contributed by atoms with Gasteiger partial charge < -0.3 is 4.57 Å². The Hall–Kier alpha value is -2.20. The number of hydrogen-bond donors (Lipinski definition) is 0. The highest BCUT2D eigenvalue weighted by molar-refractivity contribution is 9.10. The second kappa shape index (κ2) is 5.21. The minimum atomic E-state index is 0.722. The highest BCUT2D eigenvalue weighted by Crippen LogP contribution is 2.26. The van der Waals surface area contributed by atoms with Gasteiger partial charge in [0, 0.05) is 16.1 Å². The van der Waals surface area contributed by atoms with Crippen LogP contribution in [0.4, 0.5) is 0 Å². The number of imidazole rings is 1. The predicted octanol–water partition coefficient (Wildman–Crippen LogP) is 4.70. The van der Waals surface area contributed by atoms with Gasteiger partial charge in [0.25, 0.3) is 0 Å². The van der Waals surface area contributed by atoms with Crippen LogP contribution < -0.4 is 0 Å². The summed E-state index contributed by atoms with van der Waals surface area (Å²) in [6.45, 7) is 2.77. The van der Waals surface area contributed by atoms with Crippen molar-refractivity contribution in [2.45, 2.75) is 13.5 Å². The molecule has 0 bridgehead atoms. The van der Waals surface area contributed by atoms with E-state index in [2.05, 4.69) is 60.8 Å². The molecule has 22 heavy (non-hydrogen) atoms. The fraction of sp³-hybridized carbons (Fsp3) is 0.111. The summed E-state index contributed by atoms with van der Waals surface area (Å²) in [5.74, 6) is 1.01. The molecule has 4 aromatic rings. The van der Waals surface area contributed by atoms with Crippen LogP contribution in [0.1, 0.15) is 11.5 Å². The van der Waals surface area contributed by atoms with E-state index in [1.165, 1.54) is 10.8 Å². The van der Waals surface area contributed by atoms with Crippen LogP contribution in [-0.2, 0) is 6.54 Å². The van der Waals surface area contributed by atoms with Crippen molar-refractivity contribution in [3.63, 3.8) is 0 Å². The van der Waals surface area contributed by atoms with Crippen LogP contribution in [0.2, 0.25) is 0 Å². The van der Waals surface area contributed by atoms with E-state index in [-0.39, 0.29) is 0 Å². The Kier molecular flexibility index (Phi) is 3.19. The third-order valence-electron chi connectivity index (χ3n) is 3.98. The molecule has 0 atom stereocenters. The highest BCUT2D eigenvalue weighted by atomic mass is 79.9. The molecule has 0 amide bonds. The summed E-state index contributed by atoms with van der Waals surface area (Å²) < 4.78 is 3.25. The van der Waals surface area contributed by atoms with Crippen molar-refractivity contribution in [1.29, 1.82) is 0 Å². The van der Waals surface area contributed by atoms with E-state index in [9.17, 15) is 0 Å². The average Bonchev–Trinajstić information content (AvgIpc) is 2.86. The lowest BCUT2D eigenvalue weighted by Crippen LogP contribution is -2.04. The Labute approximate surface area is 136 Å². The number of fused-ring (bicyclic) bond motifs is 2. The van der Waals surface area contributed by atoms with Crippen molar-refractivity contribution in [1.82, 2.24) is 14.5 Å². The topological polar surface area (TPSA) is 30.7 Å². The van der Waals surface area contributed by atoms with Crippen molar-refractivity contribution in [3.8, 4) is 0 Å². The second-order valence-corrected chi connectivity index (χ2v) is 6.19. The number of halogens is 1. The zero-order valence-corrected chi connectivity index (χ0v) is 13.7. The third-order valence-corrected chi connectivity index (χ3v) is 4.61. The monoisotopic (exact) mass is 351 g/mol. The van der Waals surface area contributed by atoms with Crippen LogP contribution in [0.15, 0.2) is 59.2 Å². The first-order valence-corrected chi connectivity index (χ1v) is 7.97. The Morgan fingerprint density at radius 3 is 2.59 bits per heavy atom. The van der Waals surface area contributed by atoms with Crippen LogP contribution in [0.25, 0.3) is 21.8 Å². The molecule has 4 heteroatoms. The summed E-state index contributed by atoms with van der Waals surface area (Å²) in [6.07, 6.45) is 1.88. The van der Waals surface area contributed by atoms with Crippen molar-refractivity contribution in [2.75, 3.05) is 0 Å². The number of hydrogen-bond acceptors (Lipinski definition) is 2. The summed E-state index contributed by atoms with van der Waals surface area (Å²) in [5.41, 5.74) is 3.24. The molecule has 0 aliphatic heterocycles. The Bertz CT molecular complexity index is 988. The van der Waals surface area contributed by atoms with Gasteiger partial charge in [-0.1, -0.05) is 36.4 Å². The van der Waals surface area contributed by atoms with Crippen molar-refractivity contribution in [2.24, 2.45) is 0 Å². The number of aryl methyl sites for hydroxylation is 1. The van der Waals surface area contributed by atoms with Gasteiger partial charge >= 0.3 is 0 Å². The van der Waals surface area contributed by atoms with Crippen LogP contribution in [-0.4, -0.2) is 14.5 Å². The van der Waals surface area contributed by atoms with Gasteiger partial charge in [-0.05, 0) is 40.4 Å². The molecule has 0 unspecified atom stereocenters. The van der Waals surface area contributed by atoms with Crippen LogP contribution in [0.5, 0.6) is 0 Å². The van der Waals surface area contributed by atoms with Crippen molar-refractivity contribution in [3.05, 3.63) is 70.7 Å². The molecule has 0 N–H and O–H groups in total. The van der Waals surface area contributed by atoms with E-state index in [0.717, 1.165) is 33.6 Å². The number of nitrogens with zero attached hydrogens (tertiary/aromatic N) is 3. The molecule has 0 saturated carbocycles. The van der Waals surface area contributed by atoms with Crippen molar-refractivity contribution < 1.29 is 0 Å². The standard InChI is InChI=1S/C18H14BrN3/c1-12-21-16-8-4-5-9-18(16)22(12)11-17-14-7-3-2-6-13(14)15(19)10-20-17/h2-10H,11H2,1H3. The second-order valence-electron chi connectivity index (χ2n) is 5.33. The van der Waals surface area contributed by atoms with Gasteiger partial charge in [-0.25, -0.2) is 4.98 Å². The first-order chi connectivity index (χ1) is 10.7. The van der Waals surface area contributed by atoms with E-state index in [1.54, 1.807) is 0 Å². The predicted molar refractivity (Wildman–Crippen MR) is 93.0 cm³/mol. The smallest absolute Gasteiger partial charge is 0.107 e. The molecule has 4 rings (SSSR count). The maximum absolute atomic E-state index is 4.63. The van der Waals surface area contributed by atoms with Crippen LogP contribution in [0, 0.1) is 6.92 Å². The van der Waals surface area contributed by atoms with Gasteiger partial charge in [0.05, 0.1) is 23.3 Å². The van der Waals surface area contributed by atoms with Gasteiger partial charge in [-0.3, -0.25) is 4.98 Å². The normalized spacial score (nSPS) is 11.4. The lowest BCUT2D eigenvalue weighted by atomic mass is 10.1. The maximum atomic E-state index is 4.63. The zero-order chi connectivity index (χ0) is 15.1. The summed E-state index contributed by atoms with van der Waals surface area (Å²) >= 11 is 3.58. The first-order valence-electron chi connectivity index (χ1n) is 7.18. The fourth-order valence-electron chi connectivity index (χ4n) is 2.89. The SMILES string of the molecule is Cc1nc2ccccc2n1Cc1ncc(Br)c2ccccc12. The molecule has 0 fully saturated rings. The number of benzene rings is 2. The summed E-state index contributed by atoms with van der Waals surface area (Å²) in [6, 6.07) is 16.6. The van der Waals surface area contributed by atoms with Gasteiger partial charge in [-0.15, -0.1) is 0 Å². The molecule has 2 aromatic heterocycles. The largest absolute Gasteiger partial charge is 0.322 e. The quantitative estimate of drug-likeness (QED) is 0.523. The molecule has 2 heterocycles. The zero-order valence-electron chi connectivity index (χ0n) is 12.1. The minimum absolute atomic E-state index is 0.722. The molecule has 0 aliphatic carbocycles. The number of rotatable bonds is 2. The number of pyridine rings is 1. The molecule has 108 valence electrons. The molecule has 0 saturated heterocycles. The molecule has 3 nitrogen and oxygen atoms in total. The highest BCUT2D eigenvalue weighted by Gasteiger charge is 2.11. The average molecular weight is 352 g/mol. The number of aromatic nitrogens is 3. The summed E-state index contributed by atoms with van der Waals surface area (Å²) in [7, 11) is 0. The first kappa shape index (κ1) is 13.5. The number of para-hydroxylation sites is 2. The molecule has 2 aromatic carbocycles. The van der Waals surface area contributed by atoms with E-state index in [0.29, 0.717) is 0 Å². The van der Waals surface area contributed by atoms with Crippen LogP contribution >= 0.6 is 15.9 Å². The molecule has 0 radical (unpaired) electrons. The summed E-state index contributed by atoms with van der Waals surface area (Å²) in [5, 5.41) is 2.36. The van der Waals surface area contributed by atoms with Gasteiger partial charge in [-0.2, -0.15) is 0 Å². The van der Waals surface area contributed by atoms with Gasteiger partial charge in [0.2, 0.25) is 0 Å². The third kappa shape index (κ3) is 2.11. The van der Waals surface area contributed by atoms with Crippen LogP contribution in [0.3, 0.4) is 0 Å². The Balaban J connectivity index is 1.90. The molecular weight excluding hydrogens is 338 g/mol. The van der Waals surface area contributed by atoms with Gasteiger partial charge in [0.1, 0.15) is 5.82 Å². The van der Waals surface area contributed by atoms with Gasteiger partial charge in [0.15, 0.2) is 0 Å². The summed E-state index contributed by atoms with van der Waals surface area (Å²) in [4.78, 5) is 9.27. The van der Waals surface area contributed by atoms with E-state index < -0.39 is 0 Å². The molecular formula is C18H14BrN3. The van der Waals surface area contributed by atoms with E-state index in [1.807, 2.05) is 31.3 Å². The maximum Gasteiger partial charge on any atom is 0.107 e. The van der Waals surface area contributed by atoms with Crippen molar-refractivity contribution >= 4 is 37.7 Å². The molecule has 0 spiro atoms. The minimum Gasteiger partial charge on any atom is -0.322 e. The fourth-order valence-corrected chi connectivity index (χ4v) is 3.34. The molecule has 0 aliphatic rings. The lowest BCUT2D eigenvalue weighted by Gasteiger charge is -2.10. The van der Waals surface area contributed by atoms with E-state index >= 15 is 0 Å². The Morgan fingerprint density at radius 2 is 1.73 bits per heavy atom.